The minimum atomic E-state index is -1.15. The van der Waals surface area contributed by atoms with Gasteiger partial charge in [-0.05, 0) is 24.6 Å². The molecule has 0 unspecified atom stereocenters. The molecule has 0 aromatic heterocycles. The number of hydrogen-bond acceptors (Lipinski definition) is 4. The Hall–Kier alpha value is -1.46. The van der Waals surface area contributed by atoms with Gasteiger partial charge in [0, 0.05) is 12.1 Å². The first-order valence-electron chi connectivity index (χ1n) is 4.50. The van der Waals surface area contributed by atoms with Crippen molar-refractivity contribution in [2.75, 3.05) is 0 Å². The summed E-state index contributed by atoms with van der Waals surface area (Å²) in [7, 11) is 0. The Morgan fingerprint density at radius 3 is 2.31 bits per heavy atom. The largest absolute Gasteiger partial charge is 0.386 e. The molecule has 0 fully saturated rings. The Kier molecular flexibility index (Phi) is 3.98. The Bertz CT molecular complexity index is 404. The number of alkyl halides is 1. The summed E-state index contributed by atoms with van der Waals surface area (Å²) in [4.78, 5) is 20.8. The Morgan fingerprint density at radius 2 is 1.94 bits per heavy atom. The summed E-state index contributed by atoms with van der Waals surface area (Å²) in [6.45, 7) is 1.27. The van der Waals surface area contributed by atoms with Gasteiger partial charge in [0.1, 0.15) is 11.5 Å². The van der Waals surface area contributed by atoms with Crippen LogP contribution in [0.1, 0.15) is 18.6 Å². The Balaban J connectivity index is 2.89. The van der Waals surface area contributed by atoms with Crippen LogP contribution in [-0.2, 0) is 4.79 Å². The van der Waals surface area contributed by atoms with Crippen LogP contribution in [0.4, 0.5) is 5.69 Å². The predicted octanol–water partition coefficient (Wildman–Crippen LogP) is 1.82. The van der Waals surface area contributed by atoms with Crippen LogP contribution >= 0.6 is 11.6 Å². The number of aliphatic hydroxyl groups is 1. The molecule has 0 saturated carbocycles. The summed E-state index contributed by atoms with van der Waals surface area (Å²) < 4.78 is 0. The molecule has 0 bridgehead atoms. The zero-order chi connectivity index (χ0) is 12.3. The highest BCUT2D eigenvalue weighted by atomic mass is 35.5. The number of nitrogens with zero attached hydrogens (tertiary/aromatic N) is 1. The van der Waals surface area contributed by atoms with E-state index >= 15 is 0 Å². The molecule has 16 heavy (non-hydrogen) atoms. The minimum Gasteiger partial charge on any atom is -0.386 e. The quantitative estimate of drug-likeness (QED) is 0.497. The predicted molar refractivity (Wildman–Crippen MR) is 58.4 cm³/mol. The monoisotopic (exact) mass is 243 g/mol. The average molecular weight is 244 g/mol. The van der Waals surface area contributed by atoms with Crippen molar-refractivity contribution in [3.8, 4) is 0 Å². The third-order valence-electron chi connectivity index (χ3n) is 2.11. The fraction of sp³-hybridized carbons (Fsp3) is 0.300. The van der Waals surface area contributed by atoms with Gasteiger partial charge in [-0.2, -0.15) is 0 Å². The molecule has 1 aromatic rings. The van der Waals surface area contributed by atoms with Gasteiger partial charge in [0.25, 0.3) is 5.69 Å². The number of nitro groups is 1. The summed E-state index contributed by atoms with van der Waals surface area (Å²) >= 11 is 5.67. The van der Waals surface area contributed by atoms with Gasteiger partial charge in [-0.15, -0.1) is 11.6 Å². The van der Waals surface area contributed by atoms with E-state index < -0.39 is 16.4 Å². The number of nitro benzene ring substituents is 1. The van der Waals surface area contributed by atoms with Crippen molar-refractivity contribution >= 4 is 23.1 Å². The highest BCUT2D eigenvalue weighted by Crippen LogP contribution is 2.23. The third kappa shape index (κ3) is 2.77. The second-order valence-electron chi connectivity index (χ2n) is 3.31. The number of non-ortho nitro benzene ring substituents is 1. The van der Waals surface area contributed by atoms with Crippen molar-refractivity contribution in [1.82, 2.24) is 0 Å². The van der Waals surface area contributed by atoms with Gasteiger partial charge < -0.3 is 5.11 Å². The van der Waals surface area contributed by atoms with Gasteiger partial charge in [0.05, 0.1) is 4.92 Å². The summed E-state index contributed by atoms with van der Waals surface area (Å²) in [5, 5.41) is 19.0. The van der Waals surface area contributed by atoms with Crippen LogP contribution in [0.3, 0.4) is 0 Å². The van der Waals surface area contributed by atoms with E-state index in [9.17, 15) is 20.0 Å². The Morgan fingerprint density at radius 1 is 1.44 bits per heavy atom. The summed E-state index contributed by atoms with van der Waals surface area (Å²) in [5.41, 5.74) is 0.297. The fourth-order valence-electron chi connectivity index (χ4n) is 1.18. The van der Waals surface area contributed by atoms with E-state index in [1.165, 1.54) is 31.2 Å². The topological polar surface area (TPSA) is 80.4 Å². The van der Waals surface area contributed by atoms with Crippen molar-refractivity contribution in [3.63, 3.8) is 0 Å². The molecule has 0 aliphatic carbocycles. The van der Waals surface area contributed by atoms with Gasteiger partial charge in [-0.3, -0.25) is 14.9 Å². The molecular formula is C10H10ClNO4. The van der Waals surface area contributed by atoms with Crippen LogP contribution in [0.5, 0.6) is 0 Å². The molecule has 1 aromatic carbocycles. The van der Waals surface area contributed by atoms with Crippen molar-refractivity contribution in [1.29, 1.82) is 0 Å². The number of ketones is 1. The molecular weight excluding hydrogens is 234 g/mol. The molecule has 0 radical (unpaired) electrons. The molecule has 1 N–H and O–H groups in total. The van der Waals surface area contributed by atoms with Crippen LogP contribution in [0.15, 0.2) is 24.3 Å². The minimum absolute atomic E-state index is 0.0788. The average Bonchev–Trinajstić information content (AvgIpc) is 2.27. The molecule has 6 heteroatoms. The van der Waals surface area contributed by atoms with Crippen molar-refractivity contribution in [2.45, 2.75) is 18.4 Å². The van der Waals surface area contributed by atoms with E-state index in [2.05, 4.69) is 0 Å². The lowest BCUT2D eigenvalue weighted by atomic mass is 10.0. The maximum absolute atomic E-state index is 10.9. The van der Waals surface area contributed by atoms with E-state index in [1.54, 1.807) is 0 Å². The molecule has 0 amide bonds. The first kappa shape index (κ1) is 12.6. The van der Waals surface area contributed by atoms with Crippen LogP contribution in [0.25, 0.3) is 0 Å². The lowest BCUT2D eigenvalue weighted by Crippen LogP contribution is -2.20. The van der Waals surface area contributed by atoms with E-state index in [4.69, 9.17) is 11.6 Å². The number of aliphatic hydroxyl groups excluding tert-OH is 1. The molecule has 2 atom stereocenters. The fourth-order valence-corrected chi connectivity index (χ4v) is 1.33. The normalized spacial score (nSPS) is 14.2. The molecule has 5 nitrogen and oxygen atoms in total. The van der Waals surface area contributed by atoms with E-state index in [1.807, 2.05) is 0 Å². The first-order valence-corrected chi connectivity index (χ1v) is 4.94. The lowest BCUT2D eigenvalue weighted by molar-refractivity contribution is -0.384. The van der Waals surface area contributed by atoms with Crippen LogP contribution < -0.4 is 0 Å². The van der Waals surface area contributed by atoms with Gasteiger partial charge >= 0.3 is 0 Å². The standard InChI is InChI=1S/C10H10ClNO4/c1-6(13)9(11)10(14)7-2-4-8(5-3-7)12(15)16/h2-5,9-10,14H,1H3/t9-,10-/m0/s1. The first-order chi connectivity index (χ1) is 7.43. The molecule has 0 aliphatic rings. The molecule has 0 aliphatic heterocycles. The van der Waals surface area contributed by atoms with Gasteiger partial charge in [-0.25, -0.2) is 0 Å². The SMILES string of the molecule is CC(=O)[C@H](Cl)[C@@H](O)c1ccc([N+](=O)[O-])cc1. The van der Waals surface area contributed by atoms with Gasteiger partial charge in [0.15, 0.2) is 5.78 Å². The number of carbonyl (C=O) groups excluding carboxylic acids is 1. The molecule has 0 spiro atoms. The van der Waals surface area contributed by atoms with Crippen LogP contribution in [-0.4, -0.2) is 21.2 Å². The molecule has 86 valence electrons. The zero-order valence-corrected chi connectivity index (χ0v) is 9.22. The Labute approximate surface area is 96.8 Å². The highest BCUT2D eigenvalue weighted by Gasteiger charge is 2.22. The summed E-state index contributed by atoms with van der Waals surface area (Å²) in [5.74, 6) is -0.354. The van der Waals surface area contributed by atoms with E-state index in [0.717, 1.165) is 0 Å². The second kappa shape index (κ2) is 5.05. The number of hydrogen-bond donors (Lipinski definition) is 1. The number of Topliss-reactive ketones (excluding diaryl/α,β-unsaturated/α-hetero) is 1. The van der Waals surface area contributed by atoms with Gasteiger partial charge in [0.2, 0.25) is 0 Å². The van der Waals surface area contributed by atoms with Crippen LogP contribution in [0, 0.1) is 10.1 Å². The highest BCUT2D eigenvalue weighted by molar-refractivity contribution is 6.31. The van der Waals surface area contributed by atoms with Gasteiger partial charge in [-0.1, -0.05) is 0 Å². The van der Waals surface area contributed by atoms with Crippen molar-refractivity contribution < 1.29 is 14.8 Å². The maximum Gasteiger partial charge on any atom is 0.269 e. The smallest absolute Gasteiger partial charge is 0.269 e. The number of rotatable bonds is 4. The summed E-state index contributed by atoms with van der Waals surface area (Å²) in [6, 6.07) is 5.26. The lowest BCUT2D eigenvalue weighted by Gasteiger charge is -2.14. The van der Waals surface area contributed by atoms with E-state index in [0.29, 0.717) is 5.56 Å². The van der Waals surface area contributed by atoms with E-state index in [-0.39, 0.29) is 11.5 Å². The van der Waals surface area contributed by atoms with Crippen LogP contribution in [0.2, 0.25) is 0 Å². The number of halogens is 1. The maximum atomic E-state index is 10.9. The van der Waals surface area contributed by atoms with Crippen molar-refractivity contribution in [2.24, 2.45) is 0 Å². The zero-order valence-electron chi connectivity index (χ0n) is 8.46. The third-order valence-corrected chi connectivity index (χ3v) is 2.66. The second-order valence-corrected chi connectivity index (χ2v) is 3.78. The number of carbonyl (C=O) groups is 1. The molecule has 0 heterocycles. The number of benzene rings is 1. The summed E-state index contributed by atoms with van der Waals surface area (Å²) in [6.07, 6.45) is -1.15. The molecule has 0 saturated heterocycles. The molecule has 1 rings (SSSR count). The van der Waals surface area contributed by atoms with Crippen molar-refractivity contribution in [3.05, 3.63) is 39.9 Å².